The normalized spacial score (nSPS) is 10.5. The number of rotatable bonds is 12. The lowest BCUT2D eigenvalue weighted by Crippen LogP contribution is -2.35. The maximum absolute atomic E-state index is 12.8. The lowest BCUT2D eigenvalue weighted by molar-refractivity contribution is -0.143. The summed E-state index contributed by atoms with van der Waals surface area (Å²) in [5.74, 6) is -0.484. The number of benzene rings is 1. The van der Waals surface area contributed by atoms with Gasteiger partial charge in [-0.25, -0.2) is 0 Å². The van der Waals surface area contributed by atoms with E-state index in [2.05, 4.69) is 6.92 Å². The van der Waals surface area contributed by atoms with E-state index in [9.17, 15) is 9.59 Å². The van der Waals surface area contributed by atoms with Crippen LogP contribution in [-0.2, 0) is 14.3 Å². The highest BCUT2D eigenvalue weighted by Crippen LogP contribution is 2.17. The molecule has 6 heteroatoms. The lowest BCUT2D eigenvalue weighted by atomic mass is 10.2. The third-order valence-corrected chi connectivity index (χ3v) is 3.97. The second-order valence-electron chi connectivity index (χ2n) is 5.65. The predicted octanol–water partition coefficient (Wildman–Crippen LogP) is 3.94. The molecule has 0 aliphatic rings. The first-order chi connectivity index (χ1) is 12.1. The highest BCUT2D eigenvalue weighted by molar-refractivity contribution is 6.33. The molecule has 1 aromatic rings. The molecule has 25 heavy (non-hydrogen) atoms. The van der Waals surface area contributed by atoms with Crippen LogP contribution < -0.4 is 0 Å². The zero-order valence-electron chi connectivity index (χ0n) is 15.1. The average molecular weight is 370 g/mol. The fourth-order valence-electron chi connectivity index (χ4n) is 2.29. The van der Waals surface area contributed by atoms with Crippen LogP contribution in [-0.4, -0.2) is 49.7 Å². The van der Waals surface area contributed by atoms with E-state index in [0.717, 1.165) is 19.4 Å². The van der Waals surface area contributed by atoms with E-state index in [-0.39, 0.29) is 18.3 Å². The summed E-state index contributed by atoms with van der Waals surface area (Å²) >= 11 is 6.13. The molecule has 140 valence electrons. The van der Waals surface area contributed by atoms with Crippen LogP contribution in [0.4, 0.5) is 0 Å². The minimum absolute atomic E-state index is 0.167. The molecular weight excluding hydrogens is 342 g/mol. The van der Waals surface area contributed by atoms with E-state index in [0.29, 0.717) is 43.3 Å². The molecule has 5 nitrogen and oxygen atoms in total. The third-order valence-electron chi connectivity index (χ3n) is 3.64. The Morgan fingerprint density at radius 3 is 2.48 bits per heavy atom. The second kappa shape index (κ2) is 12.7. The molecule has 0 N–H and O–H groups in total. The van der Waals surface area contributed by atoms with Crippen molar-refractivity contribution in [1.29, 1.82) is 0 Å². The number of halogens is 1. The summed E-state index contributed by atoms with van der Waals surface area (Å²) < 4.78 is 10.5. The minimum Gasteiger partial charge on any atom is -0.466 e. The van der Waals surface area contributed by atoms with Crippen LogP contribution in [0.2, 0.25) is 5.02 Å². The Morgan fingerprint density at radius 2 is 1.80 bits per heavy atom. The monoisotopic (exact) mass is 369 g/mol. The molecule has 0 aliphatic carbocycles. The van der Waals surface area contributed by atoms with Crippen LogP contribution >= 0.6 is 11.6 Å². The molecule has 0 aliphatic heterocycles. The van der Waals surface area contributed by atoms with Gasteiger partial charge in [0.05, 0.1) is 23.6 Å². The molecule has 0 saturated heterocycles. The predicted molar refractivity (Wildman–Crippen MR) is 98.9 cm³/mol. The van der Waals surface area contributed by atoms with Gasteiger partial charge in [0.25, 0.3) is 5.91 Å². The summed E-state index contributed by atoms with van der Waals surface area (Å²) in [5, 5.41) is 0.410. The van der Waals surface area contributed by atoms with Crippen LogP contribution in [0.15, 0.2) is 24.3 Å². The van der Waals surface area contributed by atoms with Crippen LogP contribution in [0.25, 0.3) is 0 Å². The summed E-state index contributed by atoms with van der Waals surface area (Å²) in [5.41, 5.74) is 0.444. The van der Waals surface area contributed by atoms with Crippen molar-refractivity contribution in [2.45, 2.75) is 39.5 Å². The van der Waals surface area contributed by atoms with Crippen LogP contribution in [0, 0.1) is 0 Å². The van der Waals surface area contributed by atoms with Crippen molar-refractivity contribution in [3.05, 3.63) is 34.9 Å². The quantitative estimate of drug-likeness (QED) is 0.413. The van der Waals surface area contributed by atoms with Gasteiger partial charge in [0.1, 0.15) is 0 Å². The fourth-order valence-corrected chi connectivity index (χ4v) is 2.50. The number of carbonyl (C=O) groups excluding carboxylic acids is 2. The molecule has 1 amide bonds. The first-order valence-electron chi connectivity index (χ1n) is 8.87. The van der Waals surface area contributed by atoms with E-state index in [4.69, 9.17) is 21.1 Å². The van der Waals surface area contributed by atoms with Crippen molar-refractivity contribution >= 4 is 23.5 Å². The van der Waals surface area contributed by atoms with Crippen molar-refractivity contribution in [3.8, 4) is 0 Å². The van der Waals surface area contributed by atoms with Gasteiger partial charge in [-0.3, -0.25) is 9.59 Å². The number of ether oxygens (including phenoxy) is 2. The zero-order valence-corrected chi connectivity index (χ0v) is 15.9. The molecule has 0 radical (unpaired) electrons. The van der Waals surface area contributed by atoms with Gasteiger partial charge in [0, 0.05) is 26.3 Å². The largest absolute Gasteiger partial charge is 0.466 e. The van der Waals surface area contributed by atoms with Gasteiger partial charge in [-0.1, -0.05) is 37.1 Å². The summed E-state index contributed by atoms with van der Waals surface area (Å²) in [4.78, 5) is 26.0. The van der Waals surface area contributed by atoms with Crippen molar-refractivity contribution < 1.29 is 19.1 Å². The average Bonchev–Trinajstić information content (AvgIpc) is 2.60. The summed E-state index contributed by atoms with van der Waals surface area (Å²) in [6, 6.07) is 6.94. The van der Waals surface area contributed by atoms with Crippen LogP contribution in [0.5, 0.6) is 0 Å². The molecule has 0 aromatic heterocycles. The topological polar surface area (TPSA) is 55.8 Å². The van der Waals surface area contributed by atoms with E-state index < -0.39 is 0 Å². The van der Waals surface area contributed by atoms with E-state index in [1.165, 1.54) is 0 Å². The van der Waals surface area contributed by atoms with Gasteiger partial charge >= 0.3 is 5.97 Å². The first kappa shape index (κ1) is 21.5. The summed E-state index contributed by atoms with van der Waals surface area (Å²) in [6.07, 6.45) is 3.01. The fraction of sp³-hybridized carbons (Fsp3) is 0.579. The number of hydrogen-bond acceptors (Lipinski definition) is 4. The summed E-state index contributed by atoms with van der Waals surface area (Å²) in [7, 11) is 0. The van der Waals surface area contributed by atoms with Gasteiger partial charge in [0.2, 0.25) is 0 Å². The highest BCUT2D eigenvalue weighted by atomic mass is 35.5. The number of carbonyl (C=O) groups is 2. The maximum Gasteiger partial charge on any atom is 0.307 e. The highest BCUT2D eigenvalue weighted by Gasteiger charge is 2.19. The van der Waals surface area contributed by atoms with Gasteiger partial charge in [-0.05, 0) is 31.9 Å². The molecule has 0 bridgehead atoms. The zero-order chi connectivity index (χ0) is 18.5. The molecule has 0 spiro atoms. The molecule has 0 unspecified atom stereocenters. The molecule has 1 aromatic carbocycles. The maximum atomic E-state index is 12.8. The molecule has 0 heterocycles. The molecule has 0 fully saturated rings. The lowest BCUT2D eigenvalue weighted by Gasteiger charge is -2.23. The minimum atomic E-state index is -0.307. The molecular formula is C19H28ClNO4. The van der Waals surface area contributed by atoms with Crippen molar-refractivity contribution in [1.82, 2.24) is 4.90 Å². The number of esters is 1. The van der Waals surface area contributed by atoms with E-state index in [1.807, 2.05) is 0 Å². The van der Waals surface area contributed by atoms with Crippen molar-refractivity contribution in [3.63, 3.8) is 0 Å². The van der Waals surface area contributed by atoms with Gasteiger partial charge in [0.15, 0.2) is 0 Å². The molecule has 0 saturated carbocycles. The van der Waals surface area contributed by atoms with Crippen molar-refractivity contribution in [2.24, 2.45) is 0 Å². The van der Waals surface area contributed by atoms with Crippen LogP contribution in [0.1, 0.15) is 49.9 Å². The Kier molecular flexibility index (Phi) is 10.9. The van der Waals surface area contributed by atoms with Gasteiger partial charge in [-0.2, -0.15) is 0 Å². The Hall–Kier alpha value is -1.59. The smallest absolute Gasteiger partial charge is 0.307 e. The van der Waals surface area contributed by atoms with Crippen LogP contribution in [0.3, 0.4) is 0 Å². The number of nitrogens with zero attached hydrogens (tertiary/aromatic N) is 1. The standard InChI is InChI=1S/C19H28ClNO4/c1-3-5-14-24-15-8-12-21(13-11-18(22)25-4-2)19(23)16-9-6-7-10-17(16)20/h6-7,9-10H,3-5,8,11-15H2,1-2H3. The van der Waals surface area contributed by atoms with E-state index >= 15 is 0 Å². The Bertz CT molecular complexity index is 536. The van der Waals surface area contributed by atoms with Gasteiger partial charge < -0.3 is 14.4 Å². The summed E-state index contributed by atoms with van der Waals surface area (Å²) in [6.45, 7) is 6.35. The number of unbranched alkanes of at least 4 members (excludes halogenated alkanes) is 1. The third kappa shape index (κ3) is 8.36. The molecule has 0 atom stereocenters. The first-order valence-corrected chi connectivity index (χ1v) is 9.25. The molecule has 1 rings (SSSR count). The van der Waals surface area contributed by atoms with Crippen molar-refractivity contribution in [2.75, 3.05) is 32.9 Å². The van der Waals surface area contributed by atoms with E-state index in [1.54, 1.807) is 36.1 Å². The number of hydrogen-bond donors (Lipinski definition) is 0. The Morgan fingerprint density at radius 1 is 1.08 bits per heavy atom. The second-order valence-corrected chi connectivity index (χ2v) is 6.05. The Labute approximate surface area is 155 Å². The SMILES string of the molecule is CCCCOCCCN(CCC(=O)OCC)C(=O)c1ccccc1Cl. The Balaban J connectivity index is 2.62. The number of amides is 1. The van der Waals surface area contributed by atoms with Gasteiger partial charge in [-0.15, -0.1) is 0 Å².